The van der Waals surface area contributed by atoms with E-state index in [4.69, 9.17) is 4.52 Å². The molecule has 4 rings (SSSR count). The molecule has 1 N–H and O–H groups in total. The average Bonchev–Trinajstić information content (AvgIpc) is 3.00. The zero-order valence-corrected chi connectivity index (χ0v) is 10.9. The molecule has 3 heterocycles. The third-order valence-corrected chi connectivity index (χ3v) is 3.92. The number of nitrogens with one attached hydrogen (secondary N) is 1. The lowest BCUT2D eigenvalue weighted by molar-refractivity contribution is 0.378. The van der Waals surface area contributed by atoms with Gasteiger partial charge in [-0.05, 0) is 24.3 Å². The van der Waals surface area contributed by atoms with Crippen LogP contribution < -0.4 is 5.32 Å². The molecule has 0 aromatic carbocycles. The number of hydrogen-bond acceptors (Lipinski definition) is 7. The second-order valence-electron chi connectivity index (χ2n) is 4.54. The van der Waals surface area contributed by atoms with E-state index < -0.39 is 0 Å². The Morgan fingerprint density at radius 1 is 1.37 bits per heavy atom. The molecule has 0 unspecified atom stereocenters. The largest absolute Gasteiger partial charge is 0.360 e. The van der Waals surface area contributed by atoms with Crippen LogP contribution in [0.15, 0.2) is 22.3 Å². The van der Waals surface area contributed by atoms with Gasteiger partial charge in [-0.3, -0.25) is 0 Å². The molecule has 1 aliphatic rings. The van der Waals surface area contributed by atoms with Crippen molar-refractivity contribution in [3.8, 4) is 0 Å². The SMILES string of the molecule is c1nc(NCc2nc(C3CC3)no2)c2ccsc2n1. The van der Waals surface area contributed by atoms with Crippen molar-refractivity contribution in [3.63, 3.8) is 0 Å². The van der Waals surface area contributed by atoms with Crippen molar-refractivity contribution in [1.82, 2.24) is 20.1 Å². The molecule has 0 aliphatic heterocycles. The summed E-state index contributed by atoms with van der Waals surface area (Å²) in [5.74, 6) is 2.75. The number of hydrogen-bond donors (Lipinski definition) is 1. The Kier molecular flexibility index (Phi) is 2.44. The lowest BCUT2D eigenvalue weighted by Crippen LogP contribution is -2.02. The van der Waals surface area contributed by atoms with Gasteiger partial charge in [-0.2, -0.15) is 4.98 Å². The highest BCUT2D eigenvalue weighted by Gasteiger charge is 2.28. The number of fused-ring (bicyclic) bond motifs is 1. The highest BCUT2D eigenvalue weighted by atomic mass is 32.1. The zero-order chi connectivity index (χ0) is 12.7. The first-order valence-electron chi connectivity index (χ1n) is 6.15. The highest BCUT2D eigenvalue weighted by molar-refractivity contribution is 7.16. The standard InChI is InChI=1S/C12H11N5OS/c1-2-7(1)10-16-9(18-17-10)5-13-11-8-3-4-19-12(8)15-6-14-11/h3-4,6-7H,1-2,5H2,(H,13,14,15). The molecule has 0 saturated heterocycles. The van der Waals surface area contributed by atoms with Crippen LogP contribution in [0.25, 0.3) is 10.2 Å². The van der Waals surface area contributed by atoms with Crippen LogP contribution >= 0.6 is 11.3 Å². The first-order valence-corrected chi connectivity index (χ1v) is 7.02. The van der Waals surface area contributed by atoms with E-state index in [0.717, 1.165) is 21.9 Å². The topological polar surface area (TPSA) is 76.7 Å². The van der Waals surface area contributed by atoms with Gasteiger partial charge in [0.2, 0.25) is 5.89 Å². The molecule has 0 spiro atoms. The van der Waals surface area contributed by atoms with Crippen LogP contribution in [0.1, 0.15) is 30.5 Å². The van der Waals surface area contributed by atoms with Gasteiger partial charge in [0.25, 0.3) is 0 Å². The van der Waals surface area contributed by atoms with Gasteiger partial charge in [-0.25, -0.2) is 9.97 Å². The van der Waals surface area contributed by atoms with E-state index in [0.29, 0.717) is 18.4 Å². The molecule has 3 aromatic rings. The summed E-state index contributed by atoms with van der Waals surface area (Å²) in [6.45, 7) is 0.488. The van der Waals surface area contributed by atoms with Crippen LogP contribution in [0.2, 0.25) is 0 Å². The summed E-state index contributed by atoms with van der Waals surface area (Å²) in [4.78, 5) is 13.8. The Labute approximate surface area is 112 Å². The molecule has 0 radical (unpaired) electrons. The van der Waals surface area contributed by atoms with E-state index in [1.807, 2.05) is 11.4 Å². The molecule has 1 saturated carbocycles. The van der Waals surface area contributed by atoms with Crippen molar-refractivity contribution in [2.75, 3.05) is 5.32 Å². The minimum Gasteiger partial charge on any atom is -0.360 e. The Hall–Kier alpha value is -2.02. The molecule has 0 bridgehead atoms. The van der Waals surface area contributed by atoms with Crippen molar-refractivity contribution in [2.24, 2.45) is 0 Å². The van der Waals surface area contributed by atoms with Gasteiger partial charge in [-0.15, -0.1) is 11.3 Å². The van der Waals surface area contributed by atoms with E-state index in [-0.39, 0.29) is 0 Å². The van der Waals surface area contributed by atoms with E-state index >= 15 is 0 Å². The zero-order valence-electron chi connectivity index (χ0n) is 10.0. The fourth-order valence-electron chi connectivity index (χ4n) is 1.94. The van der Waals surface area contributed by atoms with Gasteiger partial charge in [0.1, 0.15) is 17.0 Å². The van der Waals surface area contributed by atoms with Crippen LogP contribution in [0.4, 0.5) is 5.82 Å². The summed E-state index contributed by atoms with van der Waals surface area (Å²) in [5, 5.41) is 10.2. The molecule has 7 heteroatoms. The van der Waals surface area contributed by atoms with Crippen molar-refractivity contribution in [2.45, 2.75) is 25.3 Å². The Bertz CT molecular complexity index is 718. The molecular formula is C12H11N5OS. The Morgan fingerprint density at radius 3 is 3.21 bits per heavy atom. The summed E-state index contributed by atoms with van der Waals surface area (Å²) in [7, 11) is 0. The molecule has 96 valence electrons. The predicted octanol–water partition coefficient (Wildman–Crippen LogP) is 2.56. The number of thiophene rings is 1. The molecule has 6 nitrogen and oxygen atoms in total. The van der Waals surface area contributed by atoms with Gasteiger partial charge in [0, 0.05) is 5.92 Å². The van der Waals surface area contributed by atoms with Gasteiger partial charge < -0.3 is 9.84 Å². The molecule has 1 fully saturated rings. The first kappa shape index (κ1) is 10.9. The summed E-state index contributed by atoms with van der Waals surface area (Å²) in [6, 6.07) is 2.01. The van der Waals surface area contributed by atoms with Gasteiger partial charge in [0.05, 0.1) is 11.9 Å². The lowest BCUT2D eigenvalue weighted by atomic mass is 10.4. The van der Waals surface area contributed by atoms with Crippen LogP contribution in [-0.4, -0.2) is 20.1 Å². The Balaban J connectivity index is 1.52. The maximum Gasteiger partial charge on any atom is 0.245 e. The summed E-state index contributed by atoms with van der Waals surface area (Å²) in [6.07, 6.45) is 3.91. The Morgan fingerprint density at radius 2 is 2.32 bits per heavy atom. The van der Waals surface area contributed by atoms with Crippen LogP contribution in [0.3, 0.4) is 0 Å². The molecule has 0 amide bonds. The summed E-state index contributed by atoms with van der Waals surface area (Å²) < 4.78 is 5.22. The molecular weight excluding hydrogens is 262 g/mol. The fraction of sp³-hybridized carbons (Fsp3) is 0.333. The van der Waals surface area contributed by atoms with Crippen LogP contribution in [0.5, 0.6) is 0 Å². The van der Waals surface area contributed by atoms with Gasteiger partial charge in [-0.1, -0.05) is 5.16 Å². The maximum atomic E-state index is 5.22. The van der Waals surface area contributed by atoms with Gasteiger partial charge in [0.15, 0.2) is 5.82 Å². The first-order chi connectivity index (χ1) is 9.40. The summed E-state index contributed by atoms with van der Waals surface area (Å²) in [5.41, 5.74) is 0. The molecule has 0 atom stereocenters. The number of aromatic nitrogens is 4. The van der Waals surface area contributed by atoms with Gasteiger partial charge >= 0.3 is 0 Å². The summed E-state index contributed by atoms with van der Waals surface area (Å²) >= 11 is 1.60. The van der Waals surface area contributed by atoms with Crippen molar-refractivity contribution in [1.29, 1.82) is 0 Å². The molecule has 3 aromatic heterocycles. The van der Waals surface area contributed by atoms with Crippen molar-refractivity contribution < 1.29 is 4.52 Å². The highest BCUT2D eigenvalue weighted by Crippen LogP contribution is 2.38. The van der Waals surface area contributed by atoms with E-state index in [1.54, 1.807) is 17.7 Å². The van der Waals surface area contributed by atoms with Crippen molar-refractivity contribution >= 4 is 27.4 Å². The molecule has 19 heavy (non-hydrogen) atoms. The van der Waals surface area contributed by atoms with Crippen molar-refractivity contribution in [3.05, 3.63) is 29.5 Å². The lowest BCUT2D eigenvalue weighted by Gasteiger charge is -2.02. The quantitative estimate of drug-likeness (QED) is 0.787. The third-order valence-electron chi connectivity index (χ3n) is 3.10. The third kappa shape index (κ3) is 2.06. The normalized spacial score (nSPS) is 14.9. The minimum atomic E-state index is 0.488. The molecule has 1 aliphatic carbocycles. The fourth-order valence-corrected chi connectivity index (χ4v) is 2.67. The maximum absolute atomic E-state index is 5.22. The average molecular weight is 273 g/mol. The van der Waals surface area contributed by atoms with Crippen LogP contribution in [-0.2, 0) is 6.54 Å². The van der Waals surface area contributed by atoms with E-state index in [1.165, 1.54) is 12.8 Å². The minimum absolute atomic E-state index is 0.488. The predicted molar refractivity (Wildman–Crippen MR) is 71.0 cm³/mol. The van der Waals surface area contributed by atoms with E-state index in [2.05, 4.69) is 25.4 Å². The number of anilines is 1. The second kappa shape index (κ2) is 4.27. The number of rotatable bonds is 4. The smallest absolute Gasteiger partial charge is 0.245 e. The van der Waals surface area contributed by atoms with Crippen LogP contribution in [0, 0.1) is 0 Å². The number of nitrogens with zero attached hydrogens (tertiary/aromatic N) is 4. The monoisotopic (exact) mass is 273 g/mol. The second-order valence-corrected chi connectivity index (χ2v) is 5.43. The van der Waals surface area contributed by atoms with E-state index in [9.17, 15) is 0 Å².